The average Bonchev–Trinajstić information content (AvgIpc) is 3.52. The van der Waals surface area contributed by atoms with Crippen LogP contribution >= 0.6 is 11.3 Å². The second-order valence-electron chi connectivity index (χ2n) is 7.10. The lowest BCUT2D eigenvalue weighted by Gasteiger charge is -2.34. The summed E-state index contributed by atoms with van der Waals surface area (Å²) in [4.78, 5) is 21.4. The number of thiazole rings is 1. The molecule has 4 aromatic rings. The molecular weight excluding hydrogens is 402 g/mol. The predicted molar refractivity (Wildman–Crippen MR) is 115 cm³/mol. The van der Waals surface area contributed by atoms with Gasteiger partial charge in [0.1, 0.15) is 5.75 Å². The van der Waals surface area contributed by atoms with Crippen LogP contribution in [0.4, 0.5) is 5.13 Å². The summed E-state index contributed by atoms with van der Waals surface area (Å²) < 4.78 is 13.4. The third-order valence-electron chi connectivity index (χ3n) is 5.26. The highest BCUT2D eigenvalue weighted by Gasteiger charge is 2.26. The van der Waals surface area contributed by atoms with Crippen molar-refractivity contribution in [2.75, 3.05) is 38.2 Å². The summed E-state index contributed by atoms with van der Waals surface area (Å²) >= 11 is 1.65. The Hall–Kier alpha value is -3.33. The molecule has 1 aliphatic rings. The number of benzene rings is 1. The van der Waals surface area contributed by atoms with Crippen LogP contribution in [-0.4, -0.2) is 58.9 Å². The van der Waals surface area contributed by atoms with Crippen molar-refractivity contribution in [1.82, 2.24) is 19.7 Å². The van der Waals surface area contributed by atoms with E-state index in [0.717, 1.165) is 45.7 Å². The van der Waals surface area contributed by atoms with Crippen molar-refractivity contribution < 1.29 is 13.9 Å². The summed E-state index contributed by atoms with van der Waals surface area (Å²) in [7, 11) is 1.65. The van der Waals surface area contributed by atoms with Gasteiger partial charge in [0.2, 0.25) is 0 Å². The van der Waals surface area contributed by atoms with Gasteiger partial charge < -0.3 is 19.0 Å². The Kier molecular flexibility index (Phi) is 4.66. The smallest absolute Gasteiger partial charge is 0.289 e. The van der Waals surface area contributed by atoms with Crippen molar-refractivity contribution in [3.63, 3.8) is 0 Å². The molecule has 30 heavy (non-hydrogen) atoms. The molecule has 8 nitrogen and oxygen atoms in total. The fourth-order valence-corrected chi connectivity index (χ4v) is 4.66. The second-order valence-corrected chi connectivity index (χ2v) is 8.08. The van der Waals surface area contributed by atoms with E-state index in [1.165, 1.54) is 6.26 Å². The number of aromatic nitrogens is 3. The molecule has 4 heterocycles. The first-order valence-electron chi connectivity index (χ1n) is 9.72. The number of hydrogen-bond acceptors (Lipinski definition) is 7. The van der Waals surface area contributed by atoms with Crippen LogP contribution in [-0.2, 0) is 0 Å². The Morgan fingerprint density at radius 1 is 1.13 bits per heavy atom. The molecular formula is C21H21N5O3S. The molecule has 1 saturated heterocycles. The number of amides is 1. The first-order valence-corrected chi connectivity index (χ1v) is 10.5. The van der Waals surface area contributed by atoms with Gasteiger partial charge in [-0.15, -0.1) is 0 Å². The van der Waals surface area contributed by atoms with Crippen molar-refractivity contribution >= 4 is 32.7 Å². The van der Waals surface area contributed by atoms with Crippen LogP contribution in [0.2, 0.25) is 0 Å². The molecule has 0 N–H and O–H groups in total. The van der Waals surface area contributed by atoms with Gasteiger partial charge in [-0.1, -0.05) is 11.3 Å². The van der Waals surface area contributed by atoms with Crippen molar-refractivity contribution in [1.29, 1.82) is 0 Å². The maximum atomic E-state index is 12.5. The van der Waals surface area contributed by atoms with Gasteiger partial charge in [-0.2, -0.15) is 10.1 Å². The summed E-state index contributed by atoms with van der Waals surface area (Å²) in [6, 6.07) is 11.2. The number of anilines is 1. The van der Waals surface area contributed by atoms with Crippen LogP contribution in [0.1, 0.15) is 16.2 Å². The number of carbonyl (C=O) groups is 1. The van der Waals surface area contributed by atoms with Crippen LogP contribution in [0.15, 0.2) is 47.1 Å². The van der Waals surface area contributed by atoms with Crippen LogP contribution < -0.4 is 9.64 Å². The number of fused-ring (bicyclic) bond motifs is 1. The van der Waals surface area contributed by atoms with Gasteiger partial charge in [-0.25, -0.2) is 4.68 Å². The van der Waals surface area contributed by atoms with Gasteiger partial charge in [0.25, 0.3) is 5.91 Å². The Bertz CT molecular complexity index is 1170. The molecule has 3 aromatic heterocycles. The molecule has 1 amide bonds. The molecule has 0 radical (unpaired) electrons. The number of rotatable bonds is 4. The monoisotopic (exact) mass is 423 g/mol. The van der Waals surface area contributed by atoms with Gasteiger partial charge in [0.15, 0.2) is 16.5 Å². The highest BCUT2D eigenvalue weighted by atomic mass is 32.1. The number of nitrogens with zero attached hydrogens (tertiary/aromatic N) is 5. The van der Waals surface area contributed by atoms with Crippen molar-refractivity contribution in [2.24, 2.45) is 0 Å². The number of furan rings is 1. The van der Waals surface area contributed by atoms with E-state index in [1.54, 1.807) is 30.6 Å². The molecule has 1 aromatic carbocycles. The van der Waals surface area contributed by atoms with E-state index in [9.17, 15) is 4.79 Å². The van der Waals surface area contributed by atoms with Crippen molar-refractivity contribution in [3.05, 3.63) is 54.1 Å². The van der Waals surface area contributed by atoms with E-state index in [2.05, 4.69) is 10.00 Å². The fourth-order valence-electron chi connectivity index (χ4n) is 3.62. The molecule has 0 bridgehead atoms. The van der Waals surface area contributed by atoms with Crippen LogP contribution in [0.5, 0.6) is 5.75 Å². The van der Waals surface area contributed by atoms with Crippen molar-refractivity contribution in [3.8, 4) is 11.4 Å². The highest BCUT2D eigenvalue weighted by Crippen LogP contribution is 2.33. The molecule has 0 saturated carbocycles. The van der Waals surface area contributed by atoms with Crippen LogP contribution in [0.25, 0.3) is 16.0 Å². The van der Waals surface area contributed by atoms with Gasteiger partial charge in [0, 0.05) is 26.2 Å². The average molecular weight is 423 g/mol. The number of methoxy groups -OCH3 is 1. The number of ether oxygens (including phenoxy) is 1. The number of piperazine rings is 1. The summed E-state index contributed by atoms with van der Waals surface area (Å²) in [5, 5.41) is 5.62. The molecule has 1 fully saturated rings. The second kappa shape index (κ2) is 7.49. The standard InChI is InChI=1S/C21H21N5O3S/c1-14-18-19(26(23-14)15-5-7-16(28-2)8-6-15)22-21(30-18)25-11-9-24(10-12-25)20(27)17-4-3-13-29-17/h3-8,13H,9-12H2,1-2H3. The number of carbonyl (C=O) groups excluding carboxylic acids is 1. The fraction of sp³-hybridized carbons (Fsp3) is 0.286. The lowest BCUT2D eigenvalue weighted by Crippen LogP contribution is -2.48. The Morgan fingerprint density at radius 3 is 2.57 bits per heavy atom. The minimum absolute atomic E-state index is 0.0602. The summed E-state index contributed by atoms with van der Waals surface area (Å²) in [5.74, 6) is 1.13. The molecule has 5 rings (SSSR count). The van der Waals surface area contributed by atoms with Crippen LogP contribution in [0, 0.1) is 6.92 Å². The van der Waals surface area contributed by atoms with E-state index in [1.807, 2.05) is 40.8 Å². The largest absolute Gasteiger partial charge is 0.497 e. The normalized spacial score (nSPS) is 14.5. The quantitative estimate of drug-likeness (QED) is 0.501. The molecule has 1 aliphatic heterocycles. The van der Waals surface area contributed by atoms with Gasteiger partial charge in [-0.3, -0.25) is 4.79 Å². The topological polar surface area (TPSA) is 76.6 Å². The Labute approximate surface area is 177 Å². The zero-order chi connectivity index (χ0) is 20.7. The van der Waals surface area contributed by atoms with E-state index >= 15 is 0 Å². The Balaban J connectivity index is 1.36. The zero-order valence-electron chi connectivity index (χ0n) is 16.7. The third kappa shape index (κ3) is 3.21. The molecule has 0 unspecified atom stereocenters. The summed E-state index contributed by atoms with van der Waals surface area (Å²) in [6.45, 7) is 4.75. The van der Waals surface area contributed by atoms with E-state index in [-0.39, 0.29) is 5.91 Å². The minimum atomic E-state index is -0.0602. The molecule has 0 aliphatic carbocycles. The predicted octanol–water partition coefficient (Wildman–Crippen LogP) is 3.35. The molecule has 0 spiro atoms. The highest BCUT2D eigenvalue weighted by molar-refractivity contribution is 7.22. The lowest BCUT2D eigenvalue weighted by atomic mass is 10.3. The maximum absolute atomic E-state index is 12.5. The van der Waals surface area contributed by atoms with Crippen molar-refractivity contribution in [2.45, 2.75) is 6.92 Å². The minimum Gasteiger partial charge on any atom is -0.497 e. The van der Waals surface area contributed by atoms with Crippen LogP contribution in [0.3, 0.4) is 0 Å². The third-order valence-corrected chi connectivity index (χ3v) is 6.48. The number of hydrogen-bond donors (Lipinski definition) is 0. The first kappa shape index (κ1) is 18.7. The number of aryl methyl sites for hydroxylation is 1. The summed E-state index contributed by atoms with van der Waals surface area (Å²) in [6.07, 6.45) is 1.53. The SMILES string of the molecule is COc1ccc(-n2nc(C)c3sc(N4CCN(C(=O)c5ccco5)CC4)nc32)cc1. The molecule has 0 atom stereocenters. The Morgan fingerprint density at radius 2 is 1.90 bits per heavy atom. The van der Waals surface area contributed by atoms with Gasteiger partial charge in [0.05, 0.1) is 29.5 Å². The molecule has 9 heteroatoms. The summed E-state index contributed by atoms with van der Waals surface area (Å²) in [5.41, 5.74) is 2.75. The van der Waals surface area contributed by atoms with E-state index < -0.39 is 0 Å². The maximum Gasteiger partial charge on any atom is 0.289 e. The first-order chi connectivity index (χ1) is 14.6. The van der Waals surface area contributed by atoms with E-state index in [0.29, 0.717) is 18.8 Å². The zero-order valence-corrected chi connectivity index (χ0v) is 17.6. The van der Waals surface area contributed by atoms with E-state index in [4.69, 9.17) is 14.1 Å². The van der Waals surface area contributed by atoms with Gasteiger partial charge in [-0.05, 0) is 43.3 Å². The van der Waals surface area contributed by atoms with Gasteiger partial charge >= 0.3 is 0 Å². The lowest BCUT2D eigenvalue weighted by molar-refractivity contribution is 0.0714. The molecule has 154 valence electrons.